The minimum Gasteiger partial charge on any atom is -0.494 e. The lowest BCUT2D eigenvalue weighted by Crippen LogP contribution is -2.53. The first kappa shape index (κ1) is 32.7. The van der Waals surface area contributed by atoms with Crippen molar-refractivity contribution in [3.63, 3.8) is 0 Å². The van der Waals surface area contributed by atoms with Gasteiger partial charge in [0.2, 0.25) is 11.8 Å². The third kappa shape index (κ3) is 8.35. The van der Waals surface area contributed by atoms with Crippen molar-refractivity contribution >= 4 is 27.5 Å². The van der Waals surface area contributed by atoms with Gasteiger partial charge in [0.05, 0.1) is 17.2 Å². The van der Waals surface area contributed by atoms with Gasteiger partial charge >= 0.3 is 0 Å². The summed E-state index contributed by atoms with van der Waals surface area (Å²) in [5, 5.41) is 3.00. The molecule has 0 spiro atoms. The maximum absolute atomic E-state index is 14.2. The van der Waals surface area contributed by atoms with Gasteiger partial charge in [-0.15, -0.1) is 0 Å². The van der Waals surface area contributed by atoms with Crippen LogP contribution in [0.15, 0.2) is 77.7 Å². The van der Waals surface area contributed by atoms with Gasteiger partial charge < -0.3 is 15.0 Å². The summed E-state index contributed by atoms with van der Waals surface area (Å²) in [5.74, 6) is -0.182. The van der Waals surface area contributed by atoms with Crippen molar-refractivity contribution in [2.24, 2.45) is 0 Å². The molecule has 0 unspecified atom stereocenters. The molecule has 3 rings (SSSR count). The number of anilines is 1. The molecule has 0 aliphatic heterocycles. The number of aryl methyl sites for hydroxylation is 2. The number of rotatable bonds is 14. The topological polar surface area (TPSA) is 96.0 Å². The van der Waals surface area contributed by atoms with Crippen molar-refractivity contribution in [3.05, 3.63) is 89.5 Å². The van der Waals surface area contributed by atoms with Crippen LogP contribution in [-0.4, -0.2) is 50.4 Å². The second kappa shape index (κ2) is 14.9. The molecule has 9 heteroatoms. The molecule has 0 saturated carbocycles. The fourth-order valence-corrected chi connectivity index (χ4v) is 6.02. The molecule has 226 valence electrons. The van der Waals surface area contributed by atoms with E-state index in [4.69, 9.17) is 4.74 Å². The number of amides is 2. The van der Waals surface area contributed by atoms with Crippen molar-refractivity contribution in [3.8, 4) is 5.75 Å². The van der Waals surface area contributed by atoms with Gasteiger partial charge in [-0.05, 0) is 82.5 Å². The predicted molar refractivity (Wildman–Crippen MR) is 167 cm³/mol. The summed E-state index contributed by atoms with van der Waals surface area (Å²) < 4.78 is 34.7. The largest absolute Gasteiger partial charge is 0.494 e. The highest BCUT2D eigenvalue weighted by molar-refractivity contribution is 7.92. The summed E-state index contributed by atoms with van der Waals surface area (Å²) in [6.07, 6.45) is 1.12. The van der Waals surface area contributed by atoms with Gasteiger partial charge in [-0.25, -0.2) is 8.42 Å². The second-order valence-electron chi connectivity index (χ2n) is 10.5. The van der Waals surface area contributed by atoms with Crippen molar-refractivity contribution in [1.82, 2.24) is 10.2 Å². The Morgan fingerprint density at radius 3 is 2.12 bits per heavy atom. The molecule has 2 atom stereocenters. The van der Waals surface area contributed by atoms with E-state index in [0.29, 0.717) is 24.5 Å². The van der Waals surface area contributed by atoms with Crippen LogP contribution in [0.1, 0.15) is 57.2 Å². The van der Waals surface area contributed by atoms with Gasteiger partial charge in [-0.1, -0.05) is 61.4 Å². The minimum absolute atomic E-state index is 0.0334. The molecule has 0 fully saturated rings. The second-order valence-corrected chi connectivity index (χ2v) is 12.4. The van der Waals surface area contributed by atoms with Crippen LogP contribution in [0.5, 0.6) is 5.75 Å². The molecule has 42 heavy (non-hydrogen) atoms. The van der Waals surface area contributed by atoms with Crippen LogP contribution >= 0.6 is 0 Å². The van der Waals surface area contributed by atoms with Gasteiger partial charge in [0.25, 0.3) is 10.0 Å². The Labute approximate surface area is 250 Å². The quantitative estimate of drug-likeness (QED) is 0.262. The van der Waals surface area contributed by atoms with Gasteiger partial charge in [0, 0.05) is 12.6 Å². The number of nitrogens with one attached hydrogen (secondary N) is 1. The molecular weight excluding hydrogens is 550 g/mol. The molecule has 0 bridgehead atoms. The third-order valence-corrected chi connectivity index (χ3v) is 8.93. The Morgan fingerprint density at radius 1 is 0.881 bits per heavy atom. The average Bonchev–Trinajstić information content (AvgIpc) is 2.96. The lowest BCUT2D eigenvalue weighted by molar-refractivity contribution is -0.140. The number of ether oxygens (including phenoxy) is 1. The van der Waals surface area contributed by atoms with Crippen LogP contribution in [0.25, 0.3) is 0 Å². The maximum atomic E-state index is 14.2. The zero-order valence-electron chi connectivity index (χ0n) is 25.5. The summed E-state index contributed by atoms with van der Waals surface area (Å²) in [6, 6.07) is 20.0. The molecule has 8 nitrogen and oxygen atoms in total. The molecule has 0 saturated heterocycles. The van der Waals surface area contributed by atoms with Gasteiger partial charge in [0.1, 0.15) is 18.3 Å². The number of hydrogen-bond acceptors (Lipinski definition) is 5. The first-order chi connectivity index (χ1) is 20.0. The number of benzene rings is 3. The van der Waals surface area contributed by atoms with Crippen molar-refractivity contribution in [2.45, 2.75) is 77.9 Å². The van der Waals surface area contributed by atoms with E-state index in [0.717, 1.165) is 27.4 Å². The van der Waals surface area contributed by atoms with Gasteiger partial charge in [0.15, 0.2) is 0 Å². The first-order valence-corrected chi connectivity index (χ1v) is 15.9. The van der Waals surface area contributed by atoms with E-state index in [1.165, 1.54) is 17.0 Å². The van der Waals surface area contributed by atoms with Crippen molar-refractivity contribution in [1.29, 1.82) is 0 Å². The summed E-state index contributed by atoms with van der Waals surface area (Å²) in [4.78, 5) is 29.1. The molecule has 2 amide bonds. The van der Waals surface area contributed by atoms with Crippen LogP contribution in [-0.2, 0) is 26.2 Å². The number of nitrogens with zero attached hydrogens (tertiary/aromatic N) is 2. The van der Waals surface area contributed by atoms with E-state index in [9.17, 15) is 18.0 Å². The summed E-state index contributed by atoms with van der Waals surface area (Å²) >= 11 is 0. The summed E-state index contributed by atoms with van der Waals surface area (Å²) in [6.45, 7) is 11.6. The van der Waals surface area contributed by atoms with Gasteiger partial charge in [-0.3, -0.25) is 13.9 Å². The molecule has 0 aliphatic carbocycles. The monoisotopic (exact) mass is 593 g/mol. The number of carbonyl (C=O) groups excluding carboxylic acids is 2. The molecule has 0 radical (unpaired) electrons. The average molecular weight is 594 g/mol. The molecule has 0 heterocycles. The van der Waals surface area contributed by atoms with Crippen LogP contribution in [0.2, 0.25) is 0 Å². The maximum Gasteiger partial charge on any atom is 0.264 e. The summed E-state index contributed by atoms with van der Waals surface area (Å²) in [7, 11) is -4.15. The zero-order valence-corrected chi connectivity index (χ0v) is 26.3. The van der Waals surface area contributed by atoms with Crippen LogP contribution < -0.4 is 14.4 Å². The number of carbonyl (C=O) groups is 2. The molecular formula is C33H43N3O5S. The number of hydrogen-bond donors (Lipinski definition) is 1. The highest BCUT2D eigenvalue weighted by Crippen LogP contribution is 2.26. The van der Waals surface area contributed by atoms with E-state index < -0.39 is 28.5 Å². The molecule has 1 N–H and O–H groups in total. The van der Waals surface area contributed by atoms with Crippen LogP contribution in [0.4, 0.5) is 5.69 Å². The fraction of sp³-hybridized carbons (Fsp3) is 0.394. The van der Waals surface area contributed by atoms with Crippen LogP contribution in [0.3, 0.4) is 0 Å². The normalized spacial score (nSPS) is 12.7. The van der Waals surface area contributed by atoms with E-state index in [2.05, 4.69) is 5.32 Å². The number of sulfonamides is 1. The lowest BCUT2D eigenvalue weighted by Gasteiger charge is -2.33. The zero-order chi connectivity index (χ0) is 30.9. The molecule has 0 aliphatic rings. The third-order valence-electron chi connectivity index (χ3n) is 7.15. The van der Waals surface area contributed by atoms with E-state index in [1.54, 1.807) is 36.4 Å². The summed E-state index contributed by atoms with van der Waals surface area (Å²) in [5.41, 5.74) is 3.19. The smallest absolute Gasteiger partial charge is 0.264 e. The Bertz CT molecular complexity index is 1440. The van der Waals surface area contributed by atoms with E-state index >= 15 is 0 Å². The standard InChI is InChI=1S/C33H43N3O5S/c1-7-26(6)34-33(38)31(8-2)35(22-27-12-10-11-25(5)21-27)32(37)23-36(28-15-13-24(4)14-16-28)42(39,40)30-19-17-29(18-20-30)41-9-3/h10-21,26,31H,7-9,22-23H2,1-6H3,(H,34,38)/t26-,31-/m0/s1. The first-order valence-electron chi connectivity index (χ1n) is 14.5. The molecule has 3 aromatic rings. The Balaban J connectivity index is 2.05. The van der Waals surface area contributed by atoms with E-state index in [1.807, 2.05) is 65.8 Å². The minimum atomic E-state index is -4.15. The molecule has 3 aromatic carbocycles. The molecule has 0 aromatic heterocycles. The highest BCUT2D eigenvalue weighted by atomic mass is 32.2. The van der Waals surface area contributed by atoms with Gasteiger partial charge in [-0.2, -0.15) is 0 Å². The lowest BCUT2D eigenvalue weighted by atomic mass is 10.1. The van der Waals surface area contributed by atoms with E-state index in [-0.39, 0.29) is 23.4 Å². The van der Waals surface area contributed by atoms with Crippen LogP contribution in [0, 0.1) is 13.8 Å². The Hall–Kier alpha value is -3.85. The predicted octanol–water partition coefficient (Wildman–Crippen LogP) is 5.62. The van der Waals surface area contributed by atoms with Crippen molar-refractivity contribution in [2.75, 3.05) is 17.5 Å². The SMILES string of the molecule is CCOc1ccc(S(=O)(=O)N(CC(=O)N(Cc2cccc(C)c2)[C@@H](CC)C(=O)N[C@@H](C)CC)c2ccc(C)cc2)cc1. The fourth-order valence-electron chi connectivity index (χ4n) is 4.61. The van der Waals surface area contributed by atoms with Crippen molar-refractivity contribution < 1.29 is 22.7 Å². The highest BCUT2D eigenvalue weighted by Gasteiger charge is 2.34. The Morgan fingerprint density at radius 2 is 1.55 bits per heavy atom. The Kier molecular flexibility index (Phi) is 11.6.